The minimum Gasteiger partial charge on any atom is -0.464 e. The molecule has 5 rings (SSSR count). The number of nitrogens with one attached hydrogen (secondary N) is 3. The van der Waals surface area contributed by atoms with Crippen LogP contribution in [0, 0.1) is 5.82 Å². The van der Waals surface area contributed by atoms with Gasteiger partial charge in [-0.3, -0.25) is 4.79 Å². The van der Waals surface area contributed by atoms with E-state index in [0.717, 1.165) is 16.7 Å². The van der Waals surface area contributed by atoms with Crippen LogP contribution in [0.5, 0.6) is 0 Å². The normalized spacial score (nSPS) is 12.0. The molecule has 0 bridgehead atoms. The quantitative estimate of drug-likeness (QED) is 0.212. The van der Waals surface area contributed by atoms with Gasteiger partial charge in [-0.2, -0.15) is 0 Å². The number of hydrogen-bond acceptors (Lipinski definition) is 6. The third-order valence-corrected chi connectivity index (χ3v) is 5.98. The number of nitrogens with two attached hydrogens (primary N) is 1. The second kappa shape index (κ2) is 9.98. The molecule has 1 amide bonds. The van der Waals surface area contributed by atoms with Crippen molar-refractivity contribution in [1.29, 1.82) is 0 Å². The van der Waals surface area contributed by atoms with Crippen LogP contribution in [0.2, 0.25) is 10.0 Å². The molecular weight excluding hydrogens is 506 g/mol. The summed E-state index contributed by atoms with van der Waals surface area (Å²) in [5.74, 6) is -0.621. The van der Waals surface area contributed by atoms with Gasteiger partial charge in [-0.25, -0.2) is 14.4 Å². The van der Waals surface area contributed by atoms with Crippen molar-refractivity contribution in [3.8, 4) is 11.3 Å². The Morgan fingerprint density at radius 2 is 2.03 bits per heavy atom. The average molecular weight is 525 g/mol. The predicted octanol–water partition coefficient (Wildman–Crippen LogP) is 5.84. The number of rotatable bonds is 7. The number of H-pyrrole nitrogens is 1. The Morgan fingerprint density at radius 1 is 1.17 bits per heavy atom. The number of anilines is 2. The van der Waals surface area contributed by atoms with Gasteiger partial charge in [-0.15, -0.1) is 0 Å². The van der Waals surface area contributed by atoms with Crippen molar-refractivity contribution in [2.45, 2.75) is 6.04 Å². The highest BCUT2D eigenvalue weighted by atomic mass is 35.5. The third kappa shape index (κ3) is 5.03. The molecule has 0 radical (unpaired) electrons. The lowest BCUT2D eigenvalue weighted by atomic mass is 10.1. The third-order valence-electron chi connectivity index (χ3n) is 5.48. The maximum atomic E-state index is 13.8. The summed E-state index contributed by atoms with van der Waals surface area (Å²) in [5, 5.41) is 7.39. The SMILES string of the molecule is NC[C@@H](NC(=O)c1cc(-c2nc(Nc3ccc4occc4c3)ncc2Cl)c[nH]1)c1cc(F)cc(Cl)c1. The number of nitrogens with zero attached hydrogens (tertiary/aromatic N) is 2. The van der Waals surface area contributed by atoms with Crippen molar-refractivity contribution in [3.63, 3.8) is 0 Å². The number of aromatic amines is 1. The molecule has 0 spiro atoms. The van der Waals surface area contributed by atoms with Crippen LogP contribution in [0.3, 0.4) is 0 Å². The van der Waals surface area contributed by atoms with Gasteiger partial charge in [0.05, 0.1) is 29.2 Å². The van der Waals surface area contributed by atoms with Crippen LogP contribution in [-0.4, -0.2) is 27.4 Å². The molecule has 8 nitrogen and oxygen atoms in total. The Kier molecular flexibility index (Phi) is 6.60. The number of halogens is 3. The highest BCUT2D eigenvalue weighted by Crippen LogP contribution is 2.29. The first-order valence-corrected chi connectivity index (χ1v) is 11.6. The Balaban J connectivity index is 1.35. The van der Waals surface area contributed by atoms with Gasteiger partial charge in [0.25, 0.3) is 5.91 Å². The first kappa shape index (κ1) is 23.8. The van der Waals surface area contributed by atoms with Gasteiger partial charge in [-0.05, 0) is 54.1 Å². The summed E-state index contributed by atoms with van der Waals surface area (Å²) in [6, 6.07) is 12.5. The summed E-state index contributed by atoms with van der Waals surface area (Å²) >= 11 is 12.3. The Morgan fingerprint density at radius 3 is 2.83 bits per heavy atom. The zero-order valence-corrected chi connectivity index (χ0v) is 20.1. The molecular formula is C25H19Cl2FN6O2. The van der Waals surface area contributed by atoms with E-state index in [2.05, 4.69) is 25.6 Å². The lowest BCUT2D eigenvalue weighted by Crippen LogP contribution is -2.33. The Hall–Kier alpha value is -3.92. The van der Waals surface area contributed by atoms with Crippen molar-refractivity contribution in [1.82, 2.24) is 20.3 Å². The highest BCUT2D eigenvalue weighted by molar-refractivity contribution is 6.33. The molecule has 0 aliphatic carbocycles. The number of fused-ring (bicyclic) bond motifs is 1. The molecule has 182 valence electrons. The van der Waals surface area contributed by atoms with E-state index in [9.17, 15) is 9.18 Å². The molecule has 3 aromatic heterocycles. The van der Waals surface area contributed by atoms with Gasteiger partial charge in [0.15, 0.2) is 0 Å². The zero-order chi connectivity index (χ0) is 25.2. The molecule has 5 aromatic rings. The molecule has 0 fully saturated rings. The highest BCUT2D eigenvalue weighted by Gasteiger charge is 2.19. The van der Waals surface area contributed by atoms with Crippen LogP contribution >= 0.6 is 23.2 Å². The smallest absolute Gasteiger partial charge is 0.268 e. The number of carbonyl (C=O) groups is 1. The Bertz CT molecular complexity index is 1550. The largest absolute Gasteiger partial charge is 0.464 e. The molecule has 11 heteroatoms. The number of benzene rings is 2. The van der Waals surface area contributed by atoms with Crippen molar-refractivity contribution >= 4 is 51.7 Å². The number of carbonyl (C=O) groups excluding carboxylic acids is 1. The number of hydrogen-bond donors (Lipinski definition) is 4. The minimum atomic E-state index is -0.636. The molecule has 5 N–H and O–H groups in total. The maximum absolute atomic E-state index is 13.8. The Labute approximate surface area is 214 Å². The van der Waals surface area contributed by atoms with Crippen molar-refractivity contribution in [2.24, 2.45) is 5.73 Å². The van der Waals surface area contributed by atoms with E-state index in [1.165, 1.54) is 18.3 Å². The van der Waals surface area contributed by atoms with Gasteiger partial charge in [-0.1, -0.05) is 23.2 Å². The van der Waals surface area contributed by atoms with Gasteiger partial charge in [0.2, 0.25) is 5.95 Å². The van der Waals surface area contributed by atoms with E-state index in [-0.39, 0.29) is 17.3 Å². The molecule has 0 aliphatic rings. The zero-order valence-electron chi connectivity index (χ0n) is 18.6. The summed E-state index contributed by atoms with van der Waals surface area (Å²) in [5.41, 5.74) is 9.09. The first-order chi connectivity index (χ1) is 17.4. The summed E-state index contributed by atoms with van der Waals surface area (Å²) in [6.07, 6.45) is 4.71. The molecule has 0 saturated heterocycles. The van der Waals surface area contributed by atoms with Gasteiger partial charge in [0.1, 0.15) is 17.1 Å². The fraction of sp³-hybridized carbons (Fsp3) is 0.0800. The van der Waals surface area contributed by atoms with E-state index in [1.807, 2.05) is 24.3 Å². The number of amides is 1. The van der Waals surface area contributed by atoms with Gasteiger partial charge < -0.3 is 25.8 Å². The number of aromatic nitrogens is 3. The second-order valence-electron chi connectivity index (χ2n) is 7.95. The van der Waals surface area contributed by atoms with Gasteiger partial charge >= 0.3 is 0 Å². The average Bonchev–Trinajstić information content (AvgIpc) is 3.52. The first-order valence-electron chi connectivity index (χ1n) is 10.8. The van der Waals surface area contributed by atoms with Crippen LogP contribution in [0.4, 0.5) is 16.0 Å². The van der Waals surface area contributed by atoms with E-state index >= 15 is 0 Å². The molecule has 1 atom stereocenters. The fourth-order valence-corrected chi connectivity index (χ4v) is 4.19. The summed E-state index contributed by atoms with van der Waals surface area (Å²) in [7, 11) is 0. The minimum absolute atomic E-state index is 0.0520. The van der Waals surface area contributed by atoms with Crippen molar-refractivity contribution in [2.75, 3.05) is 11.9 Å². The van der Waals surface area contributed by atoms with Crippen molar-refractivity contribution in [3.05, 3.63) is 94.3 Å². The topological polar surface area (TPSA) is 122 Å². The van der Waals surface area contributed by atoms with Crippen LogP contribution in [0.1, 0.15) is 22.1 Å². The standard InChI is InChI=1S/C25H19Cl2FN6O2/c26-16-5-14(6-17(28)9-16)21(10-29)33-24(35)20-8-15(11-30-20)23-19(27)12-31-25(34-23)32-18-1-2-22-13(7-18)3-4-36-22/h1-9,11-12,21,30H,10,29H2,(H,33,35)(H,31,32,34)/t21-/m1/s1. The van der Waals surface area contributed by atoms with Crippen LogP contribution in [0.25, 0.3) is 22.2 Å². The molecule has 0 saturated carbocycles. The van der Waals surface area contributed by atoms with E-state index in [0.29, 0.717) is 27.8 Å². The van der Waals surface area contributed by atoms with Gasteiger partial charge in [0, 0.05) is 34.4 Å². The van der Waals surface area contributed by atoms with Crippen LogP contribution in [-0.2, 0) is 0 Å². The fourth-order valence-electron chi connectivity index (χ4n) is 3.76. The molecule has 2 aromatic carbocycles. The molecule has 36 heavy (non-hydrogen) atoms. The van der Waals surface area contributed by atoms with Crippen LogP contribution in [0.15, 0.2) is 71.6 Å². The second-order valence-corrected chi connectivity index (χ2v) is 8.80. The number of furan rings is 1. The molecule has 3 heterocycles. The molecule has 0 aliphatic heterocycles. The lowest BCUT2D eigenvalue weighted by Gasteiger charge is -2.17. The summed E-state index contributed by atoms with van der Waals surface area (Å²) < 4.78 is 19.1. The monoisotopic (exact) mass is 524 g/mol. The van der Waals surface area contributed by atoms with E-state index < -0.39 is 17.8 Å². The van der Waals surface area contributed by atoms with E-state index in [4.69, 9.17) is 33.4 Å². The molecule has 0 unspecified atom stereocenters. The summed E-state index contributed by atoms with van der Waals surface area (Å²) in [6.45, 7) is 0.0520. The maximum Gasteiger partial charge on any atom is 0.268 e. The van der Waals surface area contributed by atoms with E-state index in [1.54, 1.807) is 24.6 Å². The van der Waals surface area contributed by atoms with Crippen molar-refractivity contribution < 1.29 is 13.6 Å². The summed E-state index contributed by atoms with van der Waals surface area (Å²) in [4.78, 5) is 24.5. The predicted molar refractivity (Wildman–Crippen MR) is 137 cm³/mol. The lowest BCUT2D eigenvalue weighted by molar-refractivity contribution is 0.0933. The van der Waals surface area contributed by atoms with Crippen LogP contribution < -0.4 is 16.4 Å².